The van der Waals surface area contributed by atoms with Gasteiger partial charge in [0.25, 0.3) is 11.5 Å². The van der Waals surface area contributed by atoms with Crippen LogP contribution in [0.1, 0.15) is 48.0 Å². The van der Waals surface area contributed by atoms with Crippen LogP contribution < -0.4 is 10.9 Å². The van der Waals surface area contributed by atoms with Crippen LogP contribution in [0.2, 0.25) is 0 Å². The highest BCUT2D eigenvalue weighted by atomic mass is 16.6. The van der Waals surface area contributed by atoms with Gasteiger partial charge in [0.2, 0.25) is 5.91 Å². The number of hydrogen-bond acceptors (Lipinski definition) is 6. The summed E-state index contributed by atoms with van der Waals surface area (Å²) < 4.78 is 6.65. The number of piperazine rings is 1. The van der Waals surface area contributed by atoms with Crippen molar-refractivity contribution in [3.63, 3.8) is 0 Å². The molecule has 1 aliphatic rings. The number of nitrogens with zero attached hydrogens (tertiary/aromatic N) is 4. The van der Waals surface area contributed by atoms with E-state index >= 15 is 0 Å². The summed E-state index contributed by atoms with van der Waals surface area (Å²) in [5.41, 5.74) is 1.03. The molecule has 3 amide bonds. The lowest BCUT2D eigenvalue weighted by Gasteiger charge is -2.35. The van der Waals surface area contributed by atoms with E-state index in [1.165, 1.54) is 4.57 Å². The second-order valence-corrected chi connectivity index (χ2v) is 9.73. The molecule has 2 heterocycles. The number of aromatic nitrogens is 1. The predicted octanol–water partition coefficient (Wildman–Crippen LogP) is 2.67. The van der Waals surface area contributed by atoms with Gasteiger partial charge in [0.15, 0.2) is 0 Å². The lowest BCUT2D eigenvalue weighted by atomic mass is 10.1. The summed E-state index contributed by atoms with van der Waals surface area (Å²) in [6.45, 7) is 10.2. The molecule has 1 aromatic carbocycles. The van der Waals surface area contributed by atoms with Crippen molar-refractivity contribution in [2.45, 2.75) is 46.8 Å². The van der Waals surface area contributed by atoms with Gasteiger partial charge in [-0.25, -0.2) is 4.79 Å². The van der Waals surface area contributed by atoms with Gasteiger partial charge < -0.3 is 24.4 Å². The average molecular weight is 494 g/mol. The summed E-state index contributed by atoms with van der Waals surface area (Å²) in [7, 11) is 0. The number of carbonyl (C=O) groups excluding carboxylic acids is 3. The van der Waals surface area contributed by atoms with Crippen LogP contribution in [0.3, 0.4) is 0 Å². The first-order valence-corrected chi connectivity index (χ1v) is 11.7. The molecule has 1 N–H and O–H groups in total. The Hall–Kier alpha value is -4.13. The van der Waals surface area contributed by atoms with Crippen LogP contribution >= 0.6 is 0 Å². The van der Waals surface area contributed by atoms with E-state index in [4.69, 9.17) is 4.74 Å². The number of nitrogens with one attached hydrogen (secondary N) is 1. The van der Waals surface area contributed by atoms with Crippen LogP contribution in [-0.4, -0.2) is 64.1 Å². The molecule has 0 saturated carbocycles. The van der Waals surface area contributed by atoms with Gasteiger partial charge in [-0.1, -0.05) is 0 Å². The molecule has 3 rings (SSSR count). The Labute approximate surface area is 210 Å². The van der Waals surface area contributed by atoms with Gasteiger partial charge >= 0.3 is 6.09 Å². The molecule has 10 nitrogen and oxygen atoms in total. The summed E-state index contributed by atoms with van der Waals surface area (Å²) in [6.07, 6.45) is -0.387. The van der Waals surface area contributed by atoms with Gasteiger partial charge in [-0.3, -0.25) is 14.4 Å². The number of amides is 3. The lowest BCUT2D eigenvalue weighted by Crippen LogP contribution is -2.51. The van der Waals surface area contributed by atoms with Crippen LogP contribution in [0.15, 0.2) is 35.1 Å². The van der Waals surface area contributed by atoms with E-state index < -0.39 is 17.1 Å². The Morgan fingerprint density at radius 3 is 2.17 bits per heavy atom. The van der Waals surface area contributed by atoms with E-state index in [2.05, 4.69) is 5.32 Å². The second kappa shape index (κ2) is 10.6. The Morgan fingerprint density at radius 1 is 1.03 bits per heavy atom. The number of ether oxygens (including phenoxy) is 1. The fourth-order valence-corrected chi connectivity index (χ4v) is 3.90. The van der Waals surface area contributed by atoms with Crippen molar-refractivity contribution in [1.29, 1.82) is 5.26 Å². The van der Waals surface area contributed by atoms with Crippen LogP contribution in [0.4, 0.5) is 10.5 Å². The third-order valence-corrected chi connectivity index (χ3v) is 5.75. The fourth-order valence-electron chi connectivity index (χ4n) is 3.90. The van der Waals surface area contributed by atoms with Crippen molar-refractivity contribution < 1.29 is 19.1 Å². The van der Waals surface area contributed by atoms with Crippen molar-refractivity contribution in [2.24, 2.45) is 0 Å². The highest BCUT2D eigenvalue weighted by molar-refractivity contribution is 5.96. The minimum Gasteiger partial charge on any atom is -0.444 e. The summed E-state index contributed by atoms with van der Waals surface area (Å²) in [5.74, 6) is -0.590. The maximum absolute atomic E-state index is 12.9. The molecule has 1 saturated heterocycles. The molecule has 10 heteroatoms. The molecule has 1 fully saturated rings. The third kappa shape index (κ3) is 6.30. The average Bonchev–Trinajstić information content (AvgIpc) is 2.81. The highest BCUT2D eigenvalue weighted by Gasteiger charge is 2.28. The quantitative estimate of drug-likeness (QED) is 0.698. The van der Waals surface area contributed by atoms with Crippen LogP contribution in [0.25, 0.3) is 0 Å². The van der Waals surface area contributed by atoms with E-state index in [9.17, 15) is 24.4 Å². The van der Waals surface area contributed by atoms with Crippen LogP contribution in [0, 0.1) is 25.2 Å². The molecule has 0 unspecified atom stereocenters. The van der Waals surface area contributed by atoms with E-state index in [1.807, 2.05) is 26.8 Å². The number of anilines is 1. The van der Waals surface area contributed by atoms with E-state index in [1.54, 1.807) is 54.0 Å². The molecule has 0 bridgehead atoms. The first kappa shape index (κ1) is 26.5. The number of benzene rings is 1. The number of rotatable bonds is 4. The second-order valence-electron chi connectivity index (χ2n) is 9.73. The minimum atomic E-state index is -0.574. The zero-order valence-corrected chi connectivity index (χ0v) is 21.3. The molecule has 0 aliphatic carbocycles. The number of aryl methyl sites for hydroxylation is 2. The van der Waals surface area contributed by atoms with E-state index in [0.29, 0.717) is 48.7 Å². The van der Waals surface area contributed by atoms with Crippen molar-refractivity contribution in [2.75, 3.05) is 31.5 Å². The molecule has 190 valence electrons. The molecule has 36 heavy (non-hydrogen) atoms. The van der Waals surface area contributed by atoms with Gasteiger partial charge in [-0.15, -0.1) is 0 Å². The zero-order chi connectivity index (χ0) is 26.6. The number of hydrogen-bond donors (Lipinski definition) is 1. The first-order chi connectivity index (χ1) is 16.9. The largest absolute Gasteiger partial charge is 0.444 e. The lowest BCUT2D eigenvalue weighted by molar-refractivity contribution is -0.116. The van der Waals surface area contributed by atoms with E-state index in [-0.39, 0.29) is 24.1 Å². The Bertz CT molecular complexity index is 1260. The Balaban J connectivity index is 1.58. The maximum Gasteiger partial charge on any atom is 0.410 e. The standard InChI is InChI=1S/C26H31N5O5/c1-17-14-18(2)31(24(34)21(17)15-27)16-22(32)28-20-8-6-19(7-9-20)23(33)29-10-12-30(13-11-29)25(35)36-26(3,4)5/h6-9,14H,10-13,16H2,1-5H3,(H,28,32). The molecule has 0 spiro atoms. The topological polar surface area (TPSA) is 125 Å². The molecule has 0 radical (unpaired) electrons. The van der Waals surface area contributed by atoms with Gasteiger partial charge in [0.05, 0.1) is 0 Å². The molecule has 0 atom stereocenters. The molecular weight excluding hydrogens is 462 g/mol. The molecular formula is C26H31N5O5. The van der Waals surface area contributed by atoms with Crippen molar-refractivity contribution in [3.05, 3.63) is 63.1 Å². The molecule has 1 aromatic heterocycles. The first-order valence-electron chi connectivity index (χ1n) is 11.7. The monoisotopic (exact) mass is 493 g/mol. The summed E-state index contributed by atoms with van der Waals surface area (Å²) in [4.78, 5) is 53.4. The van der Waals surface area contributed by atoms with Crippen molar-refractivity contribution in [1.82, 2.24) is 14.4 Å². The van der Waals surface area contributed by atoms with Gasteiger partial charge in [0.1, 0.15) is 23.8 Å². The normalized spacial score (nSPS) is 13.7. The van der Waals surface area contributed by atoms with Crippen molar-refractivity contribution >= 4 is 23.6 Å². The smallest absolute Gasteiger partial charge is 0.410 e. The summed E-state index contributed by atoms with van der Waals surface area (Å²) >= 11 is 0. The highest BCUT2D eigenvalue weighted by Crippen LogP contribution is 2.16. The molecule has 2 aromatic rings. The minimum absolute atomic E-state index is 0.0168. The zero-order valence-electron chi connectivity index (χ0n) is 21.3. The van der Waals surface area contributed by atoms with Gasteiger partial charge in [0, 0.05) is 43.1 Å². The Morgan fingerprint density at radius 2 is 1.61 bits per heavy atom. The Kier molecular flexibility index (Phi) is 7.83. The SMILES string of the molecule is Cc1cc(C)n(CC(=O)Nc2ccc(C(=O)N3CCN(C(=O)OC(C)(C)C)CC3)cc2)c(=O)c1C#N. The van der Waals surface area contributed by atoms with Gasteiger partial charge in [-0.2, -0.15) is 5.26 Å². The summed E-state index contributed by atoms with van der Waals surface area (Å²) in [6, 6.07) is 10.1. The van der Waals surface area contributed by atoms with E-state index in [0.717, 1.165) is 0 Å². The number of pyridine rings is 1. The number of nitriles is 1. The fraction of sp³-hybridized carbons (Fsp3) is 0.423. The maximum atomic E-state index is 12.9. The van der Waals surface area contributed by atoms with Crippen LogP contribution in [-0.2, 0) is 16.1 Å². The third-order valence-electron chi connectivity index (χ3n) is 5.75. The predicted molar refractivity (Wildman–Crippen MR) is 134 cm³/mol. The van der Waals surface area contributed by atoms with Crippen molar-refractivity contribution in [3.8, 4) is 6.07 Å². The van der Waals surface area contributed by atoms with Crippen LogP contribution in [0.5, 0.6) is 0 Å². The molecule has 1 aliphatic heterocycles. The summed E-state index contributed by atoms with van der Waals surface area (Å²) in [5, 5.41) is 11.9. The number of carbonyl (C=O) groups is 3. The van der Waals surface area contributed by atoms with Gasteiger partial charge in [-0.05, 0) is 70.5 Å².